The van der Waals surface area contributed by atoms with Gasteiger partial charge in [-0.05, 0) is 17.7 Å². The molecule has 54 valence electrons. The van der Waals surface area contributed by atoms with Crippen LogP contribution in [0.4, 0.5) is 0 Å². The van der Waals surface area contributed by atoms with E-state index in [2.05, 4.69) is 10.3 Å². The molecule has 0 unspecified atom stereocenters. The lowest BCUT2D eigenvalue weighted by atomic mass is 10.3. The molecule has 0 amide bonds. The summed E-state index contributed by atoms with van der Waals surface area (Å²) in [6.45, 7) is 1.33. The van der Waals surface area contributed by atoms with Gasteiger partial charge < -0.3 is 11.1 Å². The molecule has 0 saturated carbocycles. The molecule has 1 rings (SSSR count). The Kier molecular flexibility index (Phi) is 2.86. The smallest absolute Gasteiger partial charge is 0.0431 e. The first-order valence-corrected chi connectivity index (χ1v) is 3.23. The molecule has 0 radical (unpaired) electrons. The molecule has 0 aromatic carbocycles. The Hall–Kier alpha value is -0.930. The summed E-state index contributed by atoms with van der Waals surface area (Å²) in [5.74, 6) is 0. The Balaban J connectivity index is 2.43. The van der Waals surface area contributed by atoms with Crippen molar-refractivity contribution in [1.82, 2.24) is 10.3 Å². The topological polar surface area (TPSA) is 50.9 Å². The van der Waals surface area contributed by atoms with E-state index in [4.69, 9.17) is 5.73 Å². The number of rotatable bonds is 3. The zero-order chi connectivity index (χ0) is 7.23. The molecule has 3 N–H and O–H groups in total. The van der Waals surface area contributed by atoms with Crippen LogP contribution in [0.15, 0.2) is 24.5 Å². The lowest BCUT2D eigenvalue weighted by Gasteiger charge is -1.98. The summed E-state index contributed by atoms with van der Waals surface area (Å²) in [6.07, 6.45) is 3.54. The molecule has 0 saturated heterocycles. The zero-order valence-electron chi connectivity index (χ0n) is 5.75. The molecular weight excluding hydrogens is 126 g/mol. The van der Waals surface area contributed by atoms with Crippen LogP contribution in [-0.4, -0.2) is 11.7 Å². The number of aromatic nitrogens is 1. The zero-order valence-corrected chi connectivity index (χ0v) is 5.75. The fourth-order valence-electron chi connectivity index (χ4n) is 0.717. The van der Waals surface area contributed by atoms with Crippen molar-refractivity contribution in [2.24, 2.45) is 5.73 Å². The van der Waals surface area contributed by atoms with Gasteiger partial charge in [-0.1, -0.05) is 0 Å². The maximum Gasteiger partial charge on any atom is 0.0431 e. The average molecular weight is 137 g/mol. The van der Waals surface area contributed by atoms with Crippen LogP contribution in [0.5, 0.6) is 0 Å². The van der Waals surface area contributed by atoms with Crippen molar-refractivity contribution >= 4 is 0 Å². The van der Waals surface area contributed by atoms with Crippen molar-refractivity contribution in [3.05, 3.63) is 30.1 Å². The van der Waals surface area contributed by atoms with E-state index in [1.54, 1.807) is 12.4 Å². The van der Waals surface area contributed by atoms with Crippen LogP contribution in [0, 0.1) is 0 Å². The Morgan fingerprint density at radius 3 is 2.70 bits per heavy atom. The number of hydrogen-bond donors (Lipinski definition) is 2. The van der Waals surface area contributed by atoms with Crippen molar-refractivity contribution in [2.75, 3.05) is 6.67 Å². The number of hydrogen-bond acceptors (Lipinski definition) is 3. The molecule has 0 aliphatic heterocycles. The number of pyridine rings is 1. The van der Waals surface area contributed by atoms with Gasteiger partial charge in [0.05, 0.1) is 0 Å². The lowest BCUT2D eigenvalue weighted by molar-refractivity contribution is 0.708. The summed E-state index contributed by atoms with van der Waals surface area (Å²) in [7, 11) is 0. The van der Waals surface area contributed by atoms with Gasteiger partial charge in [0.2, 0.25) is 0 Å². The first-order chi connectivity index (χ1) is 4.93. The minimum atomic E-state index is 0.516. The Bertz CT molecular complexity index is 173. The van der Waals surface area contributed by atoms with Crippen LogP contribution in [0.25, 0.3) is 0 Å². The van der Waals surface area contributed by atoms with Crippen LogP contribution < -0.4 is 11.1 Å². The third kappa shape index (κ3) is 2.13. The van der Waals surface area contributed by atoms with E-state index in [9.17, 15) is 0 Å². The summed E-state index contributed by atoms with van der Waals surface area (Å²) >= 11 is 0. The standard InChI is InChI=1S/C7H11N3/c8-6-10-5-7-1-3-9-4-2-7/h1-4,10H,5-6,8H2. The van der Waals surface area contributed by atoms with Gasteiger partial charge in [0.1, 0.15) is 0 Å². The van der Waals surface area contributed by atoms with E-state index < -0.39 is 0 Å². The second kappa shape index (κ2) is 3.98. The number of nitrogens with zero attached hydrogens (tertiary/aromatic N) is 1. The molecule has 10 heavy (non-hydrogen) atoms. The first-order valence-electron chi connectivity index (χ1n) is 3.23. The molecule has 1 aromatic heterocycles. The molecule has 0 aliphatic carbocycles. The van der Waals surface area contributed by atoms with Gasteiger partial charge in [-0.25, -0.2) is 0 Å². The summed E-state index contributed by atoms with van der Waals surface area (Å²) in [5, 5.41) is 3.01. The Morgan fingerprint density at radius 1 is 1.40 bits per heavy atom. The molecular formula is C7H11N3. The van der Waals surface area contributed by atoms with E-state index >= 15 is 0 Å². The molecule has 3 nitrogen and oxygen atoms in total. The Morgan fingerprint density at radius 2 is 2.10 bits per heavy atom. The minimum Gasteiger partial charge on any atom is -0.318 e. The molecule has 0 atom stereocenters. The van der Waals surface area contributed by atoms with Crippen molar-refractivity contribution in [3.8, 4) is 0 Å². The summed E-state index contributed by atoms with van der Waals surface area (Å²) in [5.41, 5.74) is 6.46. The molecule has 1 aromatic rings. The van der Waals surface area contributed by atoms with E-state index in [-0.39, 0.29) is 0 Å². The highest BCUT2D eigenvalue weighted by atomic mass is 14.9. The predicted molar refractivity (Wildman–Crippen MR) is 40.1 cm³/mol. The van der Waals surface area contributed by atoms with E-state index in [0.29, 0.717) is 6.67 Å². The third-order valence-corrected chi connectivity index (χ3v) is 1.22. The first kappa shape index (κ1) is 7.18. The van der Waals surface area contributed by atoms with Gasteiger partial charge in [-0.2, -0.15) is 0 Å². The molecule has 0 fully saturated rings. The Labute approximate surface area is 60.3 Å². The van der Waals surface area contributed by atoms with E-state index in [1.807, 2.05) is 12.1 Å². The fourth-order valence-corrected chi connectivity index (χ4v) is 0.717. The average Bonchev–Trinajstić information content (AvgIpc) is 2.03. The van der Waals surface area contributed by atoms with Crippen LogP contribution in [-0.2, 0) is 6.54 Å². The van der Waals surface area contributed by atoms with Gasteiger partial charge in [-0.15, -0.1) is 0 Å². The SMILES string of the molecule is NCNCc1ccncc1. The van der Waals surface area contributed by atoms with Gasteiger partial charge in [0.25, 0.3) is 0 Å². The van der Waals surface area contributed by atoms with Gasteiger partial charge in [0, 0.05) is 25.6 Å². The van der Waals surface area contributed by atoms with E-state index in [0.717, 1.165) is 6.54 Å². The largest absolute Gasteiger partial charge is 0.318 e. The highest BCUT2D eigenvalue weighted by Gasteiger charge is 1.86. The predicted octanol–water partition coefficient (Wildman–Crippen LogP) is 0.0874. The van der Waals surface area contributed by atoms with Crippen molar-refractivity contribution in [2.45, 2.75) is 6.54 Å². The van der Waals surface area contributed by atoms with Crippen molar-refractivity contribution in [1.29, 1.82) is 0 Å². The second-order valence-corrected chi connectivity index (χ2v) is 1.99. The molecule has 0 aliphatic rings. The van der Waals surface area contributed by atoms with Crippen LogP contribution in [0.2, 0.25) is 0 Å². The fraction of sp³-hybridized carbons (Fsp3) is 0.286. The van der Waals surface area contributed by atoms with E-state index in [1.165, 1.54) is 5.56 Å². The molecule has 0 spiro atoms. The monoisotopic (exact) mass is 137 g/mol. The summed E-state index contributed by atoms with van der Waals surface area (Å²) in [6, 6.07) is 3.92. The van der Waals surface area contributed by atoms with Crippen LogP contribution in [0.3, 0.4) is 0 Å². The highest BCUT2D eigenvalue weighted by Crippen LogP contribution is 1.93. The summed E-state index contributed by atoms with van der Waals surface area (Å²) < 4.78 is 0. The van der Waals surface area contributed by atoms with Gasteiger partial charge in [-0.3, -0.25) is 4.98 Å². The number of nitrogens with two attached hydrogens (primary N) is 1. The molecule has 0 bridgehead atoms. The van der Waals surface area contributed by atoms with Crippen molar-refractivity contribution < 1.29 is 0 Å². The molecule has 1 heterocycles. The van der Waals surface area contributed by atoms with Crippen LogP contribution in [0.1, 0.15) is 5.56 Å². The van der Waals surface area contributed by atoms with Crippen LogP contribution >= 0.6 is 0 Å². The quantitative estimate of drug-likeness (QED) is 0.580. The maximum atomic E-state index is 5.25. The summed E-state index contributed by atoms with van der Waals surface area (Å²) in [4.78, 5) is 3.89. The number of nitrogens with one attached hydrogen (secondary N) is 1. The molecule has 3 heteroatoms. The third-order valence-electron chi connectivity index (χ3n) is 1.22. The second-order valence-electron chi connectivity index (χ2n) is 1.99. The van der Waals surface area contributed by atoms with Crippen molar-refractivity contribution in [3.63, 3.8) is 0 Å². The lowest BCUT2D eigenvalue weighted by Crippen LogP contribution is -2.21. The highest BCUT2D eigenvalue weighted by molar-refractivity contribution is 5.08. The van der Waals surface area contributed by atoms with Gasteiger partial charge in [0.15, 0.2) is 0 Å². The maximum absolute atomic E-state index is 5.25. The normalized spacial score (nSPS) is 9.70. The van der Waals surface area contributed by atoms with Gasteiger partial charge >= 0.3 is 0 Å². The minimum absolute atomic E-state index is 0.516.